The lowest BCUT2D eigenvalue weighted by atomic mass is 10.2. The first kappa shape index (κ1) is 13.2. The van der Waals surface area contributed by atoms with Gasteiger partial charge in [-0.15, -0.1) is 0 Å². The molecule has 3 rings (SSSR count). The van der Waals surface area contributed by atoms with Gasteiger partial charge in [0.1, 0.15) is 6.04 Å². The Hall–Kier alpha value is -1.80. The second-order valence-electron chi connectivity index (χ2n) is 4.39. The van der Waals surface area contributed by atoms with E-state index in [2.05, 4.69) is 36.3 Å². The Balaban J connectivity index is 1.81. The van der Waals surface area contributed by atoms with E-state index in [1.54, 1.807) is 24.7 Å². The molecule has 0 aromatic carbocycles. The Morgan fingerprint density at radius 2 is 2.15 bits per heavy atom. The van der Waals surface area contributed by atoms with E-state index >= 15 is 0 Å². The SMILES string of the molecule is O=c1cccnn1C1COCC1Nc1ncc(Br)cn1. The van der Waals surface area contributed by atoms with Gasteiger partial charge in [-0.25, -0.2) is 14.6 Å². The fourth-order valence-electron chi connectivity index (χ4n) is 2.09. The quantitative estimate of drug-likeness (QED) is 0.894. The van der Waals surface area contributed by atoms with Crippen LogP contribution in [-0.2, 0) is 4.74 Å². The van der Waals surface area contributed by atoms with Gasteiger partial charge in [0.15, 0.2) is 0 Å². The first-order valence-electron chi connectivity index (χ1n) is 6.10. The van der Waals surface area contributed by atoms with E-state index in [0.717, 1.165) is 4.47 Å². The van der Waals surface area contributed by atoms with Crippen molar-refractivity contribution in [3.05, 3.63) is 45.5 Å². The van der Waals surface area contributed by atoms with Gasteiger partial charge in [-0.2, -0.15) is 5.10 Å². The van der Waals surface area contributed by atoms with Crippen molar-refractivity contribution in [1.29, 1.82) is 0 Å². The largest absolute Gasteiger partial charge is 0.377 e. The molecule has 1 aliphatic heterocycles. The summed E-state index contributed by atoms with van der Waals surface area (Å²) in [6, 6.07) is 2.84. The molecule has 1 fully saturated rings. The zero-order valence-corrected chi connectivity index (χ0v) is 12.0. The van der Waals surface area contributed by atoms with Crippen LogP contribution < -0.4 is 10.9 Å². The minimum atomic E-state index is -0.170. The van der Waals surface area contributed by atoms with E-state index in [1.807, 2.05) is 0 Å². The number of halogens is 1. The van der Waals surface area contributed by atoms with Crippen LogP contribution in [0.3, 0.4) is 0 Å². The Morgan fingerprint density at radius 3 is 2.90 bits per heavy atom. The highest BCUT2D eigenvalue weighted by Crippen LogP contribution is 2.20. The molecule has 2 aromatic rings. The number of hydrogen-bond acceptors (Lipinski definition) is 6. The van der Waals surface area contributed by atoms with Crippen LogP contribution in [0, 0.1) is 0 Å². The third kappa shape index (κ3) is 2.70. The summed E-state index contributed by atoms with van der Waals surface area (Å²) in [5.41, 5.74) is -0.147. The smallest absolute Gasteiger partial charge is 0.267 e. The van der Waals surface area contributed by atoms with Gasteiger partial charge in [-0.3, -0.25) is 4.79 Å². The minimum absolute atomic E-state index is 0.0937. The monoisotopic (exact) mass is 337 g/mol. The van der Waals surface area contributed by atoms with Crippen molar-refractivity contribution in [2.45, 2.75) is 12.1 Å². The molecule has 1 N–H and O–H groups in total. The van der Waals surface area contributed by atoms with Gasteiger partial charge in [0.2, 0.25) is 5.95 Å². The van der Waals surface area contributed by atoms with Crippen molar-refractivity contribution >= 4 is 21.9 Å². The molecule has 8 heteroatoms. The summed E-state index contributed by atoms with van der Waals surface area (Å²) in [5.74, 6) is 0.498. The number of aromatic nitrogens is 4. The van der Waals surface area contributed by atoms with Crippen LogP contribution in [0.15, 0.2) is 40.0 Å². The summed E-state index contributed by atoms with van der Waals surface area (Å²) in [5, 5.41) is 7.28. The van der Waals surface area contributed by atoms with Gasteiger partial charge in [-0.05, 0) is 22.0 Å². The van der Waals surface area contributed by atoms with Crippen LogP contribution in [0.1, 0.15) is 6.04 Å². The van der Waals surface area contributed by atoms with Gasteiger partial charge >= 0.3 is 0 Å². The molecule has 1 saturated heterocycles. The zero-order chi connectivity index (χ0) is 13.9. The third-order valence-corrected chi connectivity index (χ3v) is 3.45. The summed E-state index contributed by atoms with van der Waals surface area (Å²) in [4.78, 5) is 20.1. The second kappa shape index (κ2) is 5.68. The van der Waals surface area contributed by atoms with Crippen molar-refractivity contribution in [3.8, 4) is 0 Å². The highest BCUT2D eigenvalue weighted by atomic mass is 79.9. The fraction of sp³-hybridized carbons (Fsp3) is 0.333. The average molecular weight is 338 g/mol. The highest BCUT2D eigenvalue weighted by Gasteiger charge is 2.31. The summed E-state index contributed by atoms with van der Waals surface area (Å²) in [6.45, 7) is 0.915. The molecule has 0 bridgehead atoms. The van der Waals surface area contributed by atoms with Crippen LogP contribution >= 0.6 is 15.9 Å². The van der Waals surface area contributed by atoms with Gasteiger partial charge in [0.05, 0.1) is 23.7 Å². The second-order valence-corrected chi connectivity index (χ2v) is 5.30. The maximum Gasteiger partial charge on any atom is 0.267 e. The van der Waals surface area contributed by atoms with Gasteiger partial charge in [0.25, 0.3) is 5.56 Å². The molecule has 0 aliphatic carbocycles. The van der Waals surface area contributed by atoms with Crippen molar-refractivity contribution in [1.82, 2.24) is 19.7 Å². The first-order chi connectivity index (χ1) is 9.74. The molecule has 20 heavy (non-hydrogen) atoms. The molecule has 3 heterocycles. The van der Waals surface area contributed by atoms with Crippen LogP contribution in [-0.4, -0.2) is 39.0 Å². The Morgan fingerprint density at radius 1 is 1.35 bits per heavy atom. The molecule has 1 aliphatic rings. The van der Waals surface area contributed by atoms with Crippen LogP contribution in [0.2, 0.25) is 0 Å². The number of ether oxygens (including phenoxy) is 1. The van der Waals surface area contributed by atoms with Crippen molar-refractivity contribution in [3.63, 3.8) is 0 Å². The van der Waals surface area contributed by atoms with E-state index in [1.165, 1.54) is 10.7 Å². The summed E-state index contributed by atoms with van der Waals surface area (Å²) < 4.78 is 7.69. The lowest BCUT2D eigenvalue weighted by Crippen LogP contribution is -2.37. The summed E-state index contributed by atoms with van der Waals surface area (Å²) >= 11 is 3.28. The topological polar surface area (TPSA) is 81.9 Å². The number of rotatable bonds is 3. The number of anilines is 1. The molecule has 104 valence electrons. The highest BCUT2D eigenvalue weighted by molar-refractivity contribution is 9.10. The predicted molar refractivity (Wildman–Crippen MR) is 75.5 cm³/mol. The standard InChI is InChI=1S/C12H12BrN5O2/c13-8-4-14-12(15-5-8)17-9-6-20-7-10(9)18-11(19)2-1-3-16-18/h1-5,9-10H,6-7H2,(H,14,15,17). The molecule has 0 amide bonds. The molecule has 0 spiro atoms. The number of nitrogens with one attached hydrogen (secondary N) is 1. The summed E-state index contributed by atoms with van der Waals surface area (Å²) in [7, 11) is 0. The van der Waals surface area contributed by atoms with Crippen LogP contribution in [0.5, 0.6) is 0 Å². The maximum atomic E-state index is 11.8. The van der Waals surface area contributed by atoms with E-state index in [9.17, 15) is 4.79 Å². The normalized spacial score (nSPS) is 21.9. The lowest BCUT2D eigenvalue weighted by molar-refractivity contribution is 0.182. The molecular formula is C12H12BrN5O2. The Labute approximate surface area is 123 Å². The first-order valence-corrected chi connectivity index (χ1v) is 6.89. The summed E-state index contributed by atoms with van der Waals surface area (Å²) in [6.07, 6.45) is 4.91. The molecule has 2 atom stereocenters. The van der Waals surface area contributed by atoms with Crippen molar-refractivity contribution in [2.24, 2.45) is 0 Å². The van der Waals surface area contributed by atoms with Gasteiger partial charge in [-0.1, -0.05) is 0 Å². The maximum absolute atomic E-state index is 11.8. The molecule has 7 nitrogen and oxygen atoms in total. The Kier molecular flexibility index (Phi) is 3.75. The van der Waals surface area contributed by atoms with Crippen molar-refractivity contribution in [2.75, 3.05) is 18.5 Å². The molecular weight excluding hydrogens is 326 g/mol. The third-order valence-electron chi connectivity index (χ3n) is 3.04. The zero-order valence-electron chi connectivity index (χ0n) is 10.4. The molecule has 0 saturated carbocycles. The lowest BCUT2D eigenvalue weighted by Gasteiger charge is -2.19. The van der Waals surface area contributed by atoms with Gasteiger partial charge < -0.3 is 10.1 Å². The number of nitrogens with zero attached hydrogens (tertiary/aromatic N) is 4. The Bertz CT molecular complexity index is 645. The van der Waals surface area contributed by atoms with E-state index in [-0.39, 0.29) is 17.6 Å². The van der Waals surface area contributed by atoms with Gasteiger partial charge in [0, 0.05) is 24.7 Å². The fourth-order valence-corrected chi connectivity index (χ4v) is 2.30. The average Bonchev–Trinajstić information content (AvgIpc) is 2.90. The van der Waals surface area contributed by atoms with E-state index in [0.29, 0.717) is 19.2 Å². The van der Waals surface area contributed by atoms with E-state index in [4.69, 9.17) is 4.74 Å². The van der Waals surface area contributed by atoms with Crippen molar-refractivity contribution < 1.29 is 4.74 Å². The van der Waals surface area contributed by atoms with Crippen LogP contribution in [0.4, 0.5) is 5.95 Å². The van der Waals surface area contributed by atoms with E-state index < -0.39 is 0 Å². The molecule has 2 unspecified atom stereocenters. The minimum Gasteiger partial charge on any atom is -0.377 e. The molecule has 2 aromatic heterocycles. The predicted octanol–water partition coefficient (Wildman–Crippen LogP) is 0.848. The van der Waals surface area contributed by atoms with Crippen LogP contribution in [0.25, 0.3) is 0 Å². The number of hydrogen-bond donors (Lipinski definition) is 1. The molecule has 0 radical (unpaired) electrons.